The molecule has 2 rings (SSSR count). The van der Waals surface area contributed by atoms with E-state index in [-0.39, 0.29) is 16.9 Å². The minimum atomic E-state index is -0.637. The van der Waals surface area contributed by atoms with E-state index in [2.05, 4.69) is 5.32 Å². The van der Waals surface area contributed by atoms with Crippen LogP contribution in [0.25, 0.3) is 0 Å². The summed E-state index contributed by atoms with van der Waals surface area (Å²) in [5, 5.41) is 2.36. The molecule has 0 aliphatic rings. The van der Waals surface area contributed by atoms with Crippen LogP contribution in [-0.4, -0.2) is 5.91 Å². The van der Waals surface area contributed by atoms with Crippen LogP contribution < -0.4 is 11.1 Å². The van der Waals surface area contributed by atoms with Gasteiger partial charge in [0.15, 0.2) is 0 Å². The Hall–Kier alpha value is -2.43. The first kappa shape index (κ1) is 13.0. The number of nitrogens with one attached hydrogen (secondary N) is 1. The Morgan fingerprint density at radius 1 is 1.21 bits per heavy atom. The number of halogens is 2. The Labute approximate surface area is 109 Å². The lowest BCUT2D eigenvalue weighted by Gasteiger charge is -2.10. The van der Waals surface area contributed by atoms with E-state index < -0.39 is 17.5 Å². The molecule has 0 radical (unpaired) electrons. The molecule has 0 aromatic heterocycles. The number of nitrogen functional groups attached to an aromatic ring is 1. The first-order valence-electron chi connectivity index (χ1n) is 5.60. The minimum Gasteiger partial charge on any atom is -0.397 e. The van der Waals surface area contributed by atoms with Crippen molar-refractivity contribution in [2.24, 2.45) is 0 Å². The van der Waals surface area contributed by atoms with Gasteiger partial charge in [-0.15, -0.1) is 0 Å². The van der Waals surface area contributed by atoms with E-state index in [0.29, 0.717) is 5.56 Å². The van der Waals surface area contributed by atoms with Crippen LogP contribution in [0.15, 0.2) is 36.4 Å². The molecule has 19 heavy (non-hydrogen) atoms. The van der Waals surface area contributed by atoms with Crippen molar-refractivity contribution in [3.05, 3.63) is 59.2 Å². The molecule has 2 aromatic rings. The fourth-order valence-electron chi connectivity index (χ4n) is 1.69. The fraction of sp³-hybridized carbons (Fsp3) is 0.0714. The molecular formula is C14H12F2N2O. The third-order valence-electron chi connectivity index (χ3n) is 2.73. The predicted octanol–water partition coefficient (Wildman–Crippen LogP) is 3.11. The van der Waals surface area contributed by atoms with Crippen LogP contribution in [0, 0.1) is 18.6 Å². The number of nitrogens with two attached hydrogens (primary N) is 1. The molecule has 0 atom stereocenters. The summed E-state index contributed by atoms with van der Waals surface area (Å²) in [5.74, 6) is -1.77. The van der Waals surface area contributed by atoms with Gasteiger partial charge in [-0.25, -0.2) is 8.78 Å². The van der Waals surface area contributed by atoms with Crippen LogP contribution in [0.5, 0.6) is 0 Å². The van der Waals surface area contributed by atoms with E-state index in [1.807, 2.05) is 0 Å². The van der Waals surface area contributed by atoms with Crippen molar-refractivity contribution in [2.75, 3.05) is 11.1 Å². The highest BCUT2D eigenvalue weighted by Crippen LogP contribution is 2.23. The van der Waals surface area contributed by atoms with Crippen molar-refractivity contribution in [3.63, 3.8) is 0 Å². The van der Waals surface area contributed by atoms with Gasteiger partial charge in [0.2, 0.25) is 0 Å². The molecule has 0 spiro atoms. The van der Waals surface area contributed by atoms with E-state index in [9.17, 15) is 13.6 Å². The van der Waals surface area contributed by atoms with E-state index in [1.54, 1.807) is 6.92 Å². The molecule has 0 heterocycles. The SMILES string of the molecule is Cc1ccc(F)cc1C(=O)Nc1c(N)cccc1F. The van der Waals surface area contributed by atoms with Crippen molar-refractivity contribution in [1.29, 1.82) is 0 Å². The Balaban J connectivity index is 2.34. The highest BCUT2D eigenvalue weighted by atomic mass is 19.1. The van der Waals surface area contributed by atoms with Gasteiger partial charge in [-0.3, -0.25) is 4.79 Å². The lowest BCUT2D eigenvalue weighted by Crippen LogP contribution is -2.16. The van der Waals surface area contributed by atoms with E-state index in [4.69, 9.17) is 5.73 Å². The summed E-state index contributed by atoms with van der Waals surface area (Å²) >= 11 is 0. The number of para-hydroxylation sites is 1. The summed E-state index contributed by atoms with van der Waals surface area (Å²) in [6, 6.07) is 7.93. The number of hydrogen-bond donors (Lipinski definition) is 2. The summed E-state index contributed by atoms with van der Waals surface area (Å²) in [6.45, 7) is 1.67. The van der Waals surface area contributed by atoms with Crippen LogP contribution >= 0.6 is 0 Å². The second kappa shape index (κ2) is 5.06. The predicted molar refractivity (Wildman–Crippen MR) is 69.9 cm³/mol. The van der Waals surface area contributed by atoms with E-state index >= 15 is 0 Å². The second-order valence-electron chi connectivity index (χ2n) is 4.12. The summed E-state index contributed by atoms with van der Waals surface area (Å²) in [5.41, 5.74) is 6.33. The monoisotopic (exact) mass is 262 g/mol. The lowest BCUT2D eigenvalue weighted by molar-refractivity contribution is 0.102. The van der Waals surface area contributed by atoms with Crippen LogP contribution in [0.4, 0.5) is 20.2 Å². The number of aryl methyl sites for hydroxylation is 1. The molecule has 2 aromatic carbocycles. The Kier molecular flexibility index (Phi) is 3.46. The molecule has 1 amide bonds. The van der Waals surface area contributed by atoms with Gasteiger partial charge in [-0.05, 0) is 36.8 Å². The standard InChI is InChI=1S/C14H12F2N2O/c1-8-5-6-9(15)7-10(8)14(19)18-13-11(16)3-2-4-12(13)17/h2-7H,17H2,1H3,(H,18,19). The van der Waals surface area contributed by atoms with Crippen molar-refractivity contribution in [3.8, 4) is 0 Å². The minimum absolute atomic E-state index is 0.101. The zero-order chi connectivity index (χ0) is 14.0. The summed E-state index contributed by atoms with van der Waals surface area (Å²) < 4.78 is 26.7. The molecule has 0 unspecified atom stereocenters. The van der Waals surface area contributed by atoms with Crippen LogP contribution in [0.3, 0.4) is 0 Å². The Morgan fingerprint density at radius 2 is 1.95 bits per heavy atom. The van der Waals surface area contributed by atoms with Crippen LogP contribution in [-0.2, 0) is 0 Å². The Morgan fingerprint density at radius 3 is 2.63 bits per heavy atom. The maximum absolute atomic E-state index is 13.5. The summed E-state index contributed by atoms with van der Waals surface area (Å²) in [4.78, 5) is 12.0. The quantitative estimate of drug-likeness (QED) is 0.817. The van der Waals surface area contributed by atoms with Crippen molar-refractivity contribution < 1.29 is 13.6 Å². The van der Waals surface area contributed by atoms with E-state index in [0.717, 1.165) is 6.07 Å². The van der Waals surface area contributed by atoms with Gasteiger partial charge in [0.1, 0.15) is 17.3 Å². The average Bonchev–Trinajstić information content (AvgIpc) is 2.37. The number of benzene rings is 2. The summed E-state index contributed by atoms with van der Waals surface area (Å²) in [6.07, 6.45) is 0. The number of amides is 1. The van der Waals surface area contributed by atoms with Gasteiger partial charge in [0, 0.05) is 5.56 Å². The maximum Gasteiger partial charge on any atom is 0.256 e. The lowest BCUT2D eigenvalue weighted by atomic mass is 10.1. The van der Waals surface area contributed by atoms with Crippen molar-refractivity contribution in [2.45, 2.75) is 6.92 Å². The second-order valence-corrected chi connectivity index (χ2v) is 4.12. The smallest absolute Gasteiger partial charge is 0.256 e. The zero-order valence-corrected chi connectivity index (χ0v) is 10.2. The molecule has 0 saturated heterocycles. The molecule has 0 aliphatic heterocycles. The van der Waals surface area contributed by atoms with E-state index in [1.165, 1.54) is 30.3 Å². The fourth-order valence-corrected chi connectivity index (χ4v) is 1.69. The van der Waals surface area contributed by atoms with Crippen molar-refractivity contribution in [1.82, 2.24) is 0 Å². The maximum atomic E-state index is 13.5. The van der Waals surface area contributed by atoms with Gasteiger partial charge >= 0.3 is 0 Å². The topological polar surface area (TPSA) is 55.1 Å². The molecule has 5 heteroatoms. The number of rotatable bonds is 2. The van der Waals surface area contributed by atoms with Gasteiger partial charge < -0.3 is 11.1 Å². The Bertz CT molecular complexity index is 621. The molecule has 0 aliphatic carbocycles. The van der Waals surface area contributed by atoms with Gasteiger partial charge in [-0.1, -0.05) is 12.1 Å². The highest BCUT2D eigenvalue weighted by Gasteiger charge is 2.14. The van der Waals surface area contributed by atoms with Gasteiger partial charge in [0.25, 0.3) is 5.91 Å². The first-order valence-corrected chi connectivity index (χ1v) is 5.60. The van der Waals surface area contributed by atoms with Crippen LogP contribution in [0.2, 0.25) is 0 Å². The molecule has 3 N–H and O–H groups in total. The van der Waals surface area contributed by atoms with Gasteiger partial charge in [-0.2, -0.15) is 0 Å². The molecule has 98 valence electrons. The number of anilines is 2. The number of carbonyl (C=O) groups is 1. The average molecular weight is 262 g/mol. The molecular weight excluding hydrogens is 250 g/mol. The summed E-state index contributed by atoms with van der Waals surface area (Å²) in [7, 11) is 0. The molecule has 0 saturated carbocycles. The zero-order valence-electron chi connectivity index (χ0n) is 10.2. The number of hydrogen-bond acceptors (Lipinski definition) is 2. The highest BCUT2D eigenvalue weighted by molar-refractivity contribution is 6.06. The molecule has 0 fully saturated rings. The third-order valence-corrected chi connectivity index (χ3v) is 2.73. The molecule has 3 nitrogen and oxygen atoms in total. The molecule has 0 bridgehead atoms. The van der Waals surface area contributed by atoms with Crippen LogP contribution in [0.1, 0.15) is 15.9 Å². The number of carbonyl (C=O) groups excluding carboxylic acids is 1. The normalized spacial score (nSPS) is 10.3. The first-order chi connectivity index (χ1) is 8.99. The largest absolute Gasteiger partial charge is 0.397 e. The van der Waals surface area contributed by atoms with Gasteiger partial charge in [0.05, 0.1) is 5.69 Å². The van der Waals surface area contributed by atoms with Crippen molar-refractivity contribution >= 4 is 17.3 Å². The third kappa shape index (κ3) is 2.70.